The van der Waals surface area contributed by atoms with Crippen molar-refractivity contribution in [2.75, 3.05) is 6.54 Å². The Bertz CT molecular complexity index is 515. The van der Waals surface area contributed by atoms with Crippen molar-refractivity contribution in [2.24, 2.45) is 0 Å². The predicted octanol–water partition coefficient (Wildman–Crippen LogP) is 4.57. The third kappa shape index (κ3) is 4.06. The smallest absolute Gasteiger partial charge is 0.0928 e. The number of benzene rings is 1. The third-order valence-corrected chi connectivity index (χ3v) is 4.62. The summed E-state index contributed by atoms with van der Waals surface area (Å²) in [7, 11) is 0. The second-order valence-corrected chi connectivity index (χ2v) is 6.19. The highest BCUT2D eigenvalue weighted by atomic mass is 35.5. The first-order valence-corrected chi connectivity index (χ1v) is 8.17. The Morgan fingerprint density at radius 1 is 1.25 bits per heavy atom. The summed E-state index contributed by atoms with van der Waals surface area (Å²) in [4.78, 5) is 1.32. The molecule has 0 aliphatic rings. The Labute approximate surface area is 129 Å². The number of thiophene rings is 1. The van der Waals surface area contributed by atoms with Gasteiger partial charge in [0, 0.05) is 28.0 Å². The Balaban J connectivity index is 1.97. The molecule has 1 heterocycles. The van der Waals surface area contributed by atoms with Crippen LogP contribution in [-0.2, 0) is 0 Å². The summed E-state index contributed by atoms with van der Waals surface area (Å²) < 4.78 is 0. The van der Waals surface area contributed by atoms with Crippen molar-refractivity contribution in [3.05, 3.63) is 57.2 Å². The normalized spacial score (nSPS) is 14.2. The van der Waals surface area contributed by atoms with E-state index in [2.05, 4.69) is 29.8 Å². The lowest BCUT2D eigenvalue weighted by Gasteiger charge is -2.20. The molecule has 2 rings (SSSR count). The molecule has 2 aromatic rings. The molecule has 4 heteroatoms. The quantitative estimate of drug-likeness (QED) is 0.785. The molecule has 0 radical (unpaired) electrons. The Morgan fingerprint density at radius 3 is 2.70 bits per heavy atom. The van der Waals surface area contributed by atoms with Gasteiger partial charge < -0.3 is 10.4 Å². The maximum atomic E-state index is 10.3. The largest absolute Gasteiger partial charge is 0.387 e. The van der Waals surface area contributed by atoms with E-state index in [-0.39, 0.29) is 0 Å². The molecule has 2 atom stereocenters. The predicted molar refractivity (Wildman–Crippen MR) is 86.4 cm³/mol. The lowest BCUT2D eigenvalue weighted by atomic mass is 10.1. The SMILES string of the molecule is CCCC(NCC(O)c1ccccc1Cl)c1cccs1. The standard InChI is InChI=1S/C16H20ClNOS/c1-2-6-14(16-9-5-10-20-16)18-11-15(19)12-7-3-4-8-13(12)17/h3-5,7-10,14-15,18-19H,2,6,11H2,1H3. The minimum Gasteiger partial charge on any atom is -0.387 e. The van der Waals surface area contributed by atoms with Gasteiger partial charge in [-0.3, -0.25) is 0 Å². The zero-order valence-corrected chi connectivity index (χ0v) is 13.1. The zero-order chi connectivity index (χ0) is 14.4. The highest BCUT2D eigenvalue weighted by Gasteiger charge is 2.15. The van der Waals surface area contributed by atoms with Crippen LogP contribution in [0.5, 0.6) is 0 Å². The van der Waals surface area contributed by atoms with Crippen LogP contribution in [0.4, 0.5) is 0 Å². The summed E-state index contributed by atoms with van der Waals surface area (Å²) in [5.74, 6) is 0. The van der Waals surface area contributed by atoms with E-state index in [9.17, 15) is 5.11 Å². The first-order valence-electron chi connectivity index (χ1n) is 6.91. The number of hydrogen-bond donors (Lipinski definition) is 2. The lowest BCUT2D eigenvalue weighted by molar-refractivity contribution is 0.169. The number of halogens is 1. The van der Waals surface area contributed by atoms with Crippen LogP contribution in [-0.4, -0.2) is 11.7 Å². The minimum absolute atomic E-state index is 0.303. The van der Waals surface area contributed by atoms with Gasteiger partial charge in [0.25, 0.3) is 0 Å². The number of aliphatic hydroxyl groups excluding tert-OH is 1. The summed E-state index contributed by atoms with van der Waals surface area (Å²) in [5, 5.41) is 16.4. The molecule has 0 bridgehead atoms. The highest BCUT2D eigenvalue weighted by molar-refractivity contribution is 7.10. The molecule has 20 heavy (non-hydrogen) atoms. The average molecular weight is 310 g/mol. The fraction of sp³-hybridized carbons (Fsp3) is 0.375. The molecule has 2 nitrogen and oxygen atoms in total. The summed E-state index contributed by atoms with van der Waals surface area (Å²) in [5.41, 5.74) is 0.781. The molecule has 1 aromatic heterocycles. The van der Waals surface area contributed by atoms with E-state index in [1.807, 2.05) is 24.3 Å². The third-order valence-electron chi connectivity index (χ3n) is 3.29. The zero-order valence-electron chi connectivity index (χ0n) is 11.6. The number of rotatable bonds is 7. The summed E-state index contributed by atoms with van der Waals surface area (Å²) in [6, 6.07) is 12.0. The molecule has 0 aliphatic heterocycles. The summed E-state index contributed by atoms with van der Waals surface area (Å²) in [6.45, 7) is 2.68. The van der Waals surface area contributed by atoms with Gasteiger partial charge in [0.15, 0.2) is 0 Å². The van der Waals surface area contributed by atoms with Gasteiger partial charge in [0.2, 0.25) is 0 Å². The van der Waals surface area contributed by atoms with E-state index in [0.717, 1.165) is 18.4 Å². The van der Waals surface area contributed by atoms with E-state index in [0.29, 0.717) is 17.6 Å². The van der Waals surface area contributed by atoms with E-state index >= 15 is 0 Å². The molecule has 0 spiro atoms. The monoisotopic (exact) mass is 309 g/mol. The highest BCUT2D eigenvalue weighted by Crippen LogP contribution is 2.26. The first kappa shape index (κ1) is 15.5. The van der Waals surface area contributed by atoms with Crippen LogP contribution in [0.2, 0.25) is 5.02 Å². The Kier molecular flexibility index (Phi) is 6.05. The van der Waals surface area contributed by atoms with Crippen LogP contribution in [0.1, 0.15) is 42.4 Å². The Hall–Kier alpha value is -0.870. The number of hydrogen-bond acceptors (Lipinski definition) is 3. The second kappa shape index (κ2) is 7.79. The molecule has 2 N–H and O–H groups in total. The van der Waals surface area contributed by atoms with Crippen LogP contribution in [0.3, 0.4) is 0 Å². The maximum Gasteiger partial charge on any atom is 0.0928 e. The van der Waals surface area contributed by atoms with Gasteiger partial charge in [-0.15, -0.1) is 11.3 Å². The molecular weight excluding hydrogens is 290 g/mol. The molecule has 108 valence electrons. The molecule has 0 saturated carbocycles. The molecule has 0 aliphatic carbocycles. The van der Waals surface area contributed by atoms with Gasteiger partial charge in [-0.05, 0) is 23.9 Å². The molecule has 0 fully saturated rings. The van der Waals surface area contributed by atoms with Gasteiger partial charge in [-0.1, -0.05) is 49.2 Å². The lowest BCUT2D eigenvalue weighted by Crippen LogP contribution is -2.26. The molecule has 2 unspecified atom stereocenters. The van der Waals surface area contributed by atoms with Crippen LogP contribution >= 0.6 is 22.9 Å². The van der Waals surface area contributed by atoms with Crippen molar-refractivity contribution in [1.29, 1.82) is 0 Å². The van der Waals surface area contributed by atoms with Crippen molar-refractivity contribution < 1.29 is 5.11 Å². The molecule has 0 amide bonds. The number of aliphatic hydroxyl groups is 1. The van der Waals surface area contributed by atoms with Crippen LogP contribution in [0, 0.1) is 0 Å². The van der Waals surface area contributed by atoms with Crippen LogP contribution in [0.25, 0.3) is 0 Å². The van der Waals surface area contributed by atoms with Gasteiger partial charge >= 0.3 is 0 Å². The fourth-order valence-corrected chi connectivity index (χ4v) is 3.33. The van der Waals surface area contributed by atoms with Crippen LogP contribution in [0.15, 0.2) is 41.8 Å². The topological polar surface area (TPSA) is 32.3 Å². The van der Waals surface area contributed by atoms with Gasteiger partial charge in [-0.2, -0.15) is 0 Å². The molecular formula is C16H20ClNOS. The van der Waals surface area contributed by atoms with Crippen molar-refractivity contribution >= 4 is 22.9 Å². The van der Waals surface area contributed by atoms with Gasteiger partial charge in [0.1, 0.15) is 0 Å². The van der Waals surface area contributed by atoms with E-state index in [1.165, 1.54) is 4.88 Å². The van der Waals surface area contributed by atoms with E-state index in [1.54, 1.807) is 11.3 Å². The Morgan fingerprint density at radius 2 is 2.05 bits per heavy atom. The summed E-state index contributed by atoms with van der Waals surface area (Å²) >= 11 is 7.86. The van der Waals surface area contributed by atoms with Crippen molar-refractivity contribution in [1.82, 2.24) is 5.32 Å². The van der Waals surface area contributed by atoms with Gasteiger partial charge in [-0.25, -0.2) is 0 Å². The molecule has 1 aromatic carbocycles. The average Bonchev–Trinajstić information content (AvgIpc) is 2.97. The van der Waals surface area contributed by atoms with Crippen LogP contribution < -0.4 is 5.32 Å². The number of nitrogens with one attached hydrogen (secondary N) is 1. The maximum absolute atomic E-state index is 10.3. The van der Waals surface area contributed by atoms with E-state index in [4.69, 9.17) is 11.6 Å². The van der Waals surface area contributed by atoms with Crippen molar-refractivity contribution in [3.8, 4) is 0 Å². The fourth-order valence-electron chi connectivity index (χ4n) is 2.23. The van der Waals surface area contributed by atoms with Crippen molar-refractivity contribution in [3.63, 3.8) is 0 Å². The van der Waals surface area contributed by atoms with Gasteiger partial charge in [0.05, 0.1) is 6.10 Å². The minimum atomic E-state index is -0.581. The summed E-state index contributed by atoms with van der Waals surface area (Å²) in [6.07, 6.45) is 1.59. The van der Waals surface area contributed by atoms with E-state index < -0.39 is 6.10 Å². The molecule has 0 saturated heterocycles. The first-order chi connectivity index (χ1) is 9.72. The second-order valence-electron chi connectivity index (χ2n) is 4.80. The van der Waals surface area contributed by atoms with Crippen molar-refractivity contribution in [2.45, 2.75) is 31.9 Å².